The van der Waals surface area contributed by atoms with Gasteiger partial charge in [0.1, 0.15) is 24.9 Å². The van der Waals surface area contributed by atoms with E-state index in [-0.39, 0.29) is 24.7 Å². The van der Waals surface area contributed by atoms with Crippen LogP contribution in [0.3, 0.4) is 0 Å². The number of thioether (sulfide) groups is 1. The third-order valence-corrected chi connectivity index (χ3v) is 8.15. The first kappa shape index (κ1) is 23.6. The highest BCUT2D eigenvalue weighted by Gasteiger charge is 2.54. The molecule has 4 atom stereocenters. The number of carbonyl (C=O) groups is 2. The third-order valence-electron chi connectivity index (χ3n) is 6.43. The van der Waals surface area contributed by atoms with Crippen LogP contribution in [0, 0.1) is 5.92 Å². The Bertz CT molecular complexity index is 1060. The molecule has 4 unspecified atom stereocenters. The van der Waals surface area contributed by atoms with Crippen LogP contribution < -0.4 is 5.32 Å². The molecule has 1 N–H and O–H groups in total. The number of amides is 1. The van der Waals surface area contributed by atoms with Crippen molar-refractivity contribution in [3.63, 3.8) is 0 Å². The van der Waals surface area contributed by atoms with Gasteiger partial charge in [0.2, 0.25) is 5.91 Å². The van der Waals surface area contributed by atoms with E-state index >= 15 is 0 Å². The summed E-state index contributed by atoms with van der Waals surface area (Å²) in [6.45, 7) is 1.75. The van der Waals surface area contributed by atoms with Crippen LogP contribution in [0.2, 0.25) is 0 Å². The van der Waals surface area contributed by atoms with Gasteiger partial charge in [-0.3, -0.25) is 9.59 Å². The number of nitrogens with one attached hydrogen (secondary N) is 1. The number of esters is 1. The van der Waals surface area contributed by atoms with E-state index < -0.39 is 28.8 Å². The molecule has 0 aliphatic carbocycles. The second-order valence-electron chi connectivity index (χ2n) is 8.62. The van der Waals surface area contributed by atoms with E-state index in [1.807, 2.05) is 54.6 Å². The zero-order chi connectivity index (χ0) is 24.3. The van der Waals surface area contributed by atoms with E-state index in [2.05, 4.69) is 41.7 Å². The molecule has 6 nitrogen and oxygen atoms in total. The van der Waals surface area contributed by atoms with Crippen LogP contribution in [0.25, 0.3) is 0 Å². The van der Waals surface area contributed by atoms with E-state index in [0.717, 1.165) is 16.7 Å². The Morgan fingerprint density at radius 3 is 1.86 bits per heavy atom. The molecule has 2 aliphatic rings. The molecular weight excluding hydrogens is 462 g/mol. The van der Waals surface area contributed by atoms with E-state index in [1.54, 1.807) is 11.8 Å². The van der Waals surface area contributed by atoms with E-state index in [4.69, 9.17) is 14.2 Å². The van der Waals surface area contributed by atoms with Crippen LogP contribution in [-0.2, 0) is 28.5 Å². The molecule has 0 spiro atoms. The minimum absolute atomic E-state index is 0.122. The van der Waals surface area contributed by atoms with Gasteiger partial charge in [-0.05, 0) is 16.7 Å². The minimum Gasteiger partial charge on any atom is -0.459 e. The number of hydrogen-bond acceptors (Lipinski definition) is 6. The Kier molecular flexibility index (Phi) is 6.90. The average Bonchev–Trinajstić information content (AvgIpc) is 3.42. The summed E-state index contributed by atoms with van der Waals surface area (Å²) in [7, 11) is 0. The van der Waals surface area contributed by atoms with Crippen molar-refractivity contribution >= 4 is 23.6 Å². The molecule has 1 amide bonds. The number of ether oxygens (including phenoxy) is 3. The minimum atomic E-state index is -0.735. The molecule has 180 valence electrons. The first-order valence-electron chi connectivity index (χ1n) is 11.6. The number of carbonyl (C=O) groups excluding carboxylic acids is 2. The lowest BCUT2D eigenvalue weighted by molar-refractivity contribution is -0.164. The maximum absolute atomic E-state index is 12.9. The van der Waals surface area contributed by atoms with Crippen molar-refractivity contribution in [3.05, 3.63) is 108 Å². The predicted octanol–water partition coefficient (Wildman–Crippen LogP) is 4.09. The molecule has 5 rings (SSSR count). The van der Waals surface area contributed by atoms with Crippen molar-refractivity contribution in [1.29, 1.82) is 0 Å². The Morgan fingerprint density at radius 2 is 1.46 bits per heavy atom. The Morgan fingerprint density at radius 1 is 0.943 bits per heavy atom. The standard InChI is InChI=1S/C28H27NO5S/c1-19(30)34-25(23-17-32-18-33-23)24-26(31)29-27(24)35-28(20-11-5-2-6-12-20,21-13-7-3-8-14-21)22-15-9-4-10-16-22/h2-16,23-25,27H,17-18H2,1H3,(H,29,31). The van der Waals surface area contributed by atoms with Crippen molar-refractivity contribution in [2.45, 2.75) is 29.3 Å². The molecule has 35 heavy (non-hydrogen) atoms. The molecule has 2 heterocycles. The monoisotopic (exact) mass is 489 g/mol. The summed E-state index contributed by atoms with van der Waals surface area (Å²) in [5.74, 6) is -1.19. The number of rotatable bonds is 8. The van der Waals surface area contributed by atoms with Gasteiger partial charge in [-0.2, -0.15) is 0 Å². The fourth-order valence-electron chi connectivity index (χ4n) is 4.81. The molecule has 2 saturated heterocycles. The van der Waals surface area contributed by atoms with Crippen molar-refractivity contribution in [1.82, 2.24) is 5.32 Å². The van der Waals surface area contributed by atoms with Gasteiger partial charge in [0.15, 0.2) is 0 Å². The first-order chi connectivity index (χ1) is 17.1. The molecule has 0 aromatic heterocycles. The average molecular weight is 490 g/mol. The summed E-state index contributed by atoms with van der Waals surface area (Å²) in [6, 6.07) is 30.8. The molecular formula is C28H27NO5S. The van der Waals surface area contributed by atoms with Crippen LogP contribution >= 0.6 is 11.8 Å². The molecule has 3 aromatic rings. The largest absolute Gasteiger partial charge is 0.459 e. The predicted molar refractivity (Wildman–Crippen MR) is 133 cm³/mol. The highest BCUT2D eigenvalue weighted by atomic mass is 32.2. The van der Waals surface area contributed by atoms with Crippen LogP contribution in [0.15, 0.2) is 91.0 Å². The van der Waals surface area contributed by atoms with Gasteiger partial charge in [-0.1, -0.05) is 91.0 Å². The van der Waals surface area contributed by atoms with Crippen LogP contribution in [0.5, 0.6) is 0 Å². The summed E-state index contributed by atoms with van der Waals surface area (Å²) < 4.78 is 16.1. The molecule has 7 heteroatoms. The SMILES string of the molecule is CC(=O)OC(C1COCO1)C1C(=O)NC1SC(c1ccccc1)(c1ccccc1)c1ccccc1. The van der Waals surface area contributed by atoms with Gasteiger partial charge in [0.05, 0.1) is 16.7 Å². The van der Waals surface area contributed by atoms with E-state index in [9.17, 15) is 9.59 Å². The molecule has 0 bridgehead atoms. The normalized spacial score (nSPS) is 22.7. The zero-order valence-electron chi connectivity index (χ0n) is 19.3. The van der Waals surface area contributed by atoms with Gasteiger partial charge in [-0.15, -0.1) is 11.8 Å². The quantitative estimate of drug-likeness (QED) is 0.292. The summed E-state index contributed by atoms with van der Waals surface area (Å²) in [6.07, 6.45) is -1.22. The lowest BCUT2D eigenvalue weighted by Gasteiger charge is -2.46. The molecule has 3 aromatic carbocycles. The lowest BCUT2D eigenvalue weighted by atomic mass is 9.84. The summed E-state index contributed by atoms with van der Waals surface area (Å²) in [5.41, 5.74) is 3.27. The summed E-state index contributed by atoms with van der Waals surface area (Å²) >= 11 is 1.64. The van der Waals surface area contributed by atoms with E-state index in [1.165, 1.54) is 6.92 Å². The second-order valence-corrected chi connectivity index (χ2v) is 9.98. The first-order valence-corrected chi connectivity index (χ1v) is 12.5. The molecule has 2 aliphatic heterocycles. The highest BCUT2D eigenvalue weighted by Crippen LogP contribution is 2.52. The van der Waals surface area contributed by atoms with Crippen molar-refractivity contribution in [2.75, 3.05) is 13.4 Å². The van der Waals surface area contributed by atoms with Gasteiger partial charge >= 0.3 is 5.97 Å². The fraction of sp³-hybridized carbons (Fsp3) is 0.286. The van der Waals surface area contributed by atoms with E-state index in [0.29, 0.717) is 0 Å². The Balaban J connectivity index is 1.60. The number of hydrogen-bond donors (Lipinski definition) is 1. The third kappa shape index (κ3) is 4.59. The smallest absolute Gasteiger partial charge is 0.303 e. The van der Waals surface area contributed by atoms with Crippen LogP contribution in [0.1, 0.15) is 23.6 Å². The maximum Gasteiger partial charge on any atom is 0.303 e. The van der Waals surface area contributed by atoms with Crippen LogP contribution in [0.4, 0.5) is 0 Å². The van der Waals surface area contributed by atoms with Crippen LogP contribution in [-0.4, -0.2) is 42.9 Å². The summed E-state index contributed by atoms with van der Waals surface area (Å²) in [5, 5.41) is 2.75. The number of benzene rings is 3. The van der Waals surface area contributed by atoms with Gasteiger partial charge in [-0.25, -0.2) is 0 Å². The molecule has 0 radical (unpaired) electrons. The maximum atomic E-state index is 12.9. The van der Waals surface area contributed by atoms with Gasteiger partial charge < -0.3 is 19.5 Å². The lowest BCUT2D eigenvalue weighted by Crippen LogP contribution is -2.64. The zero-order valence-corrected chi connectivity index (χ0v) is 20.1. The second kappa shape index (κ2) is 10.2. The summed E-state index contributed by atoms with van der Waals surface area (Å²) in [4.78, 5) is 24.9. The van der Waals surface area contributed by atoms with Crippen molar-refractivity contribution in [3.8, 4) is 0 Å². The highest BCUT2D eigenvalue weighted by molar-refractivity contribution is 8.01. The van der Waals surface area contributed by atoms with Gasteiger partial charge in [0.25, 0.3) is 0 Å². The molecule has 2 fully saturated rings. The van der Waals surface area contributed by atoms with Gasteiger partial charge in [0, 0.05) is 6.92 Å². The topological polar surface area (TPSA) is 73.9 Å². The van der Waals surface area contributed by atoms with Crippen molar-refractivity contribution in [2.24, 2.45) is 5.92 Å². The Labute approximate surface area is 209 Å². The molecule has 0 saturated carbocycles. The number of β-lactam (4-membered cyclic amide) rings is 1. The fourth-order valence-corrected chi connectivity index (χ4v) is 6.61. The van der Waals surface area contributed by atoms with Crippen molar-refractivity contribution < 1.29 is 23.8 Å². The Hall–Kier alpha value is -3.13.